The van der Waals surface area contributed by atoms with Gasteiger partial charge in [-0.2, -0.15) is 0 Å². The van der Waals surface area contributed by atoms with Crippen LogP contribution in [0.5, 0.6) is 0 Å². The summed E-state index contributed by atoms with van der Waals surface area (Å²) in [6, 6.07) is 0.303. The summed E-state index contributed by atoms with van der Waals surface area (Å²) in [7, 11) is 0. The highest BCUT2D eigenvalue weighted by Gasteiger charge is 2.20. The molecule has 1 N–H and O–H groups in total. The second kappa shape index (κ2) is 4.70. The molecular weight excluding hydrogens is 204 g/mol. The van der Waals surface area contributed by atoms with Crippen LogP contribution in [0.15, 0.2) is 24.4 Å². The number of nitrogens with zero attached hydrogens (tertiary/aromatic N) is 2. The van der Waals surface area contributed by atoms with Crippen LogP contribution in [-0.2, 0) is 4.74 Å². The molecule has 2 rings (SSSR count). The Kier molecular flexibility index (Phi) is 3.29. The Morgan fingerprint density at radius 2 is 2.31 bits per heavy atom. The Hall–Kier alpha value is -1.29. The SMILES string of the molecule is CC(C)n1cncc1C(O)C1=COCCC1. The van der Waals surface area contributed by atoms with Gasteiger partial charge in [0.2, 0.25) is 0 Å². The Morgan fingerprint density at radius 3 is 2.94 bits per heavy atom. The third-order valence-corrected chi connectivity index (χ3v) is 2.85. The van der Waals surface area contributed by atoms with Crippen molar-refractivity contribution in [3.8, 4) is 0 Å². The molecule has 1 aliphatic rings. The lowest BCUT2D eigenvalue weighted by Crippen LogP contribution is -2.13. The van der Waals surface area contributed by atoms with Crippen LogP contribution in [0.25, 0.3) is 0 Å². The molecule has 4 nitrogen and oxygen atoms in total. The lowest BCUT2D eigenvalue weighted by Gasteiger charge is -2.21. The summed E-state index contributed by atoms with van der Waals surface area (Å²) in [6.45, 7) is 4.90. The van der Waals surface area contributed by atoms with E-state index >= 15 is 0 Å². The number of aliphatic hydroxyl groups excluding tert-OH is 1. The van der Waals surface area contributed by atoms with Crippen molar-refractivity contribution in [3.05, 3.63) is 30.1 Å². The number of hydrogen-bond donors (Lipinski definition) is 1. The largest absolute Gasteiger partial charge is 0.501 e. The Balaban J connectivity index is 2.22. The summed E-state index contributed by atoms with van der Waals surface area (Å²) in [6.07, 6.45) is 6.44. The fraction of sp³-hybridized carbons (Fsp3) is 0.583. The van der Waals surface area contributed by atoms with Crippen LogP contribution in [-0.4, -0.2) is 21.3 Å². The van der Waals surface area contributed by atoms with Crippen molar-refractivity contribution in [2.45, 2.75) is 38.8 Å². The van der Waals surface area contributed by atoms with Gasteiger partial charge in [-0.3, -0.25) is 0 Å². The average molecular weight is 222 g/mol. The molecule has 0 amide bonds. The molecule has 16 heavy (non-hydrogen) atoms. The highest BCUT2D eigenvalue weighted by atomic mass is 16.5. The van der Waals surface area contributed by atoms with Gasteiger partial charge in [0, 0.05) is 6.04 Å². The molecule has 1 atom stereocenters. The zero-order valence-corrected chi connectivity index (χ0v) is 9.76. The smallest absolute Gasteiger partial charge is 0.120 e. The van der Waals surface area contributed by atoms with Crippen LogP contribution in [0, 0.1) is 0 Å². The minimum absolute atomic E-state index is 0.303. The van der Waals surface area contributed by atoms with Crippen molar-refractivity contribution in [2.24, 2.45) is 0 Å². The lowest BCUT2D eigenvalue weighted by atomic mass is 10.0. The van der Waals surface area contributed by atoms with Crippen LogP contribution >= 0.6 is 0 Å². The molecule has 0 fully saturated rings. The molecule has 0 spiro atoms. The van der Waals surface area contributed by atoms with E-state index in [2.05, 4.69) is 18.8 Å². The molecule has 4 heteroatoms. The predicted molar refractivity (Wildman–Crippen MR) is 60.8 cm³/mol. The quantitative estimate of drug-likeness (QED) is 0.852. The molecule has 1 aromatic rings. The van der Waals surface area contributed by atoms with Crippen LogP contribution in [0.3, 0.4) is 0 Å². The van der Waals surface area contributed by atoms with Gasteiger partial charge in [-0.15, -0.1) is 0 Å². The summed E-state index contributed by atoms with van der Waals surface area (Å²) < 4.78 is 7.24. The molecule has 0 saturated carbocycles. The Labute approximate surface area is 95.6 Å². The van der Waals surface area contributed by atoms with Crippen molar-refractivity contribution >= 4 is 0 Å². The Bertz CT molecular complexity index is 382. The molecule has 0 aliphatic carbocycles. The molecule has 1 aromatic heterocycles. The summed E-state index contributed by atoms with van der Waals surface area (Å²) in [5, 5.41) is 10.3. The fourth-order valence-electron chi connectivity index (χ4n) is 1.93. The van der Waals surface area contributed by atoms with Gasteiger partial charge < -0.3 is 14.4 Å². The number of hydrogen-bond acceptors (Lipinski definition) is 3. The standard InChI is InChI=1S/C12H18N2O2/c1-9(2)14-8-13-6-11(14)12(15)10-4-3-5-16-7-10/h6-9,12,15H,3-5H2,1-2H3. The van der Waals surface area contributed by atoms with Gasteiger partial charge in [0.05, 0.1) is 31.1 Å². The Morgan fingerprint density at radius 1 is 1.50 bits per heavy atom. The first kappa shape index (κ1) is 11.2. The highest BCUT2D eigenvalue weighted by molar-refractivity contribution is 5.18. The number of ether oxygens (including phenoxy) is 1. The van der Waals surface area contributed by atoms with E-state index in [1.54, 1.807) is 18.8 Å². The maximum absolute atomic E-state index is 10.3. The van der Waals surface area contributed by atoms with E-state index in [0.29, 0.717) is 6.04 Å². The van der Waals surface area contributed by atoms with Crippen LogP contribution in [0.4, 0.5) is 0 Å². The number of rotatable bonds is 3. The molecule has 0 bridgehead atoms. The van der Waals surface area contributed by atoms with Crippen molar-refractivity contribution in [1.82, 2.24) is 9.55 Å². The topological polar surface area (TPSA) is 47.3 Å². The normalized spacial score (nSPS) is 18.1. The molecule has 2 heterocycles. The number of aromatic nitrogens is 2. The van der Waals surface area contributed by atoms with E-state index in [1.165, 1.54) is 0 Å². The second-order valence-electron chi connectivity index (χ2n) is 4.39. The highest BCUT2D eigenvalue weighted by Crippen LogP contribution is 2.28. The van der Waals surface area contributed by atoms with Gasteiger partial charge in [0.15, 0.2) is 0 Å². The van der Waals surface area contributed by atoms with Crippen LogP contribution in [0.1, 0.15) is 44.5 Å². The predicted octanol–water partition coefficient (Wildman–Crippen LogP) is 2.19. The van der Waals surface area contributed by atoms with Gasteiger partial charge in [-0.25, -0.2) is 4.98 Å². The van der Waals surface area contributed by atoms with Crippen molar-refractivity contribution in [2.75, 3.05) is 6.61 Å². The van der Waals surface area contributed by atoms with E-state index < -0.39 is 6.10 Å². The molecule has 0 saturated heterocycles. The van der Waals surface area contributed by atoms with Crippen molar-refractivity contribution in [1.29, 1.82) is 0 Å². The summed E-state index contributed by atoms with van der Waals surface area (Å²) in [5.74, 6) is 0. The maximum Gasteiger partial charge on any atom is 0.120 e. The van der Waals surface area contributed by atoms with E-state index in [9.17, 15) is 5.11 Å². The third kappa shape index (κ3) is 2.11. The van der Waals surface area contributed by atoms with E-state index in [-0.39, 0.29) is 0 Å². The minimum atomic E-state index is -0.592. The van der Waals surface area contributed by atoms with E-state index in [4.69, 9.17) is 4.74 Å². The third-order valence-electron chi connectivity index (χ3n) is 2.85. The van der Waals surface area contributed by atoms with Crippen LogP contribution < -0.4 is 0 Å². The first-order chi connectivity index (χ1) is 7.70. The molecule has 0 aromatic carbocycles. The lowest BCUT2D eigenvalue weighted by molar-refractivity contribution is 0.163. The van der Waals surface area contributed by atoms with Crippen molar-refractivity contribution in [3.63, 3.8) is 0 Å². The maximum atomic E-state index is 10.3. The number of imidazole rings is 1. The summed E-state index contributed by atoms with van der Waals surface area (Å²) in [5.41, 5.74) is 1.78. The summed E-state index contributed by atoms with van der Waals surface area (Å²) >= 11 is 0. The first-order valence-electron chi connectivity index (χ1n) is 5.70. The molecule has 0 radical (unpaired) electrons. The zero-order chi connectivity index (χ0) is 11.5. The van der Waals surface area contributed by atoms with E-state index in [0.717, 1.165) is 30.7 Å². The minimum Gasteiger partial charge on any atom is -0.501 e. The monoisotopic (exact) mass is 222 g/mol. The fourth-order valence-corrected chi connectivity index (χ4v) is 1.93. The van der Waals surface area contributed by atoms with Crippen LogP contribution in [0.2, 0.25) is 0 Å². The second-order valence-corrected chi connectivity index (χ2v) is 4.39. The van der Waals surface area contributed by atoms with Gasteiger partial charge >= 0.3 is 0 Å². The van der Waals surface area contributed by atoms with Gasteiger partial charge in [-0.1, -0.05) is 0 Å². The van der Waals surface area contributed by atoms with Gasteiger partial charge in [0.25, 0.3) is 0 Å². The van der Waals surface area contributed by atoms with Crippen molar-refractivity contribution < 1.29 is 9.84 Å². The number of aliphatic hydroxyl groups is 1. The first-order valence-corrected chi connectivity index (χ1v) is 5.70. The molecule has 1 unspecified atom stereocenters. The zero-order valence-electron chi connectivity index (χ0n) is 9.76. The summed E-state index contributed by atoms with van der Waals surface area (Å²) in [4.78, 5) is 4.09. The molecule has 88 valence electrons. The molecular formula is C12H18N2O2. The van der Waals surface area contributed by atoms with Gasteiger partial charge in [0.1, 0.15) is 6.10 Å². The average Bonchev–Trinajstić information content (AvgIpc) is 2.78. The molecule has 1 aliphatic heterocycles. The van der Waals surface area contributed by atoms with E-state index in [1.807, 2.05) is 4.57 Å². The van der Waals surface area contributed by atoms with Gasteiger partial charge in [-0.05, 0) is 32.3 Å².